The monoisotopic (exact) mass is 312 g/mol. The maximum absolute atomic E-state index is 12.9. The van der Waals surface area contributed by atoms with Gasteiger partial charge in [-0.1, -0.05) is 12.1 Å². The minimum Gasteiger partial charge on any atom is -0.386 e. The number of amides is 1. The second kappa shape index (κ2) is 6.22. The molecule has 0 saturated carbocycles. The number of aliphatic hydroxyl groups is 1. The van der Waals surface area contributed by atoms with E-state index in [0.29, 0.717) is 11.1 Å². The third-order valence-electron chi connectivity index (χ3n) is 3.86. The van der Waals surface area contributed by atoms with Crippen LogP contribution < -0.4 is 5.32 Å². The first-order chi connectivity index (χ1) is 11.0. The van der Waals surface area contributed by atoms with E-state index in [9.17, 15) is 14.3 Å². The standard InChI is InChI=1S/C18H17FN2O2/c1-11(17(22)12-2-5-15(19)6-3-12)21-18(23)14-4-7-16-13(10-14)8-9-20-16/h2-11,17,20,22H,1H3,(H,21,23)/t11-,17-/m0/s1. The van der Waals surface area contributed by atoms with Crippen LogP contribution in [0, 0.1) is 5.82 Å². The molecule has 0 aliphatic rings. The van der Waals surface area contributed by atoms with Gasteiger partial charge in [0.15, 0.2) is 0 Å². The van der Waals surface area contributed by atoms with Gasteiger partial charge in [0.05, 0.1) is 12.1 Å². The summed E-state index contributed by atoms with van der Waals surface area (Å²) < 4.78 is 12.9. The molecule has 0 bridgehead atoms. The number of carbonyl (C=O) groups excluding carboxylic acids is 1. The maximum Gasteiger partial charge on any atom is 0.251 e. The number of nitrogens with one attached hydrogen (secondary N) is 2. The molecular weight excluding hydrogens is 295 g/mol. The zero-order chi connectivity index (χ0) is 16.4. The highest BCUT2D eigenvalue weighted by atomic mass is 19.1. The molecule has 0 unspecified atom stereocenters. The van der Waals surface area contributed by atoms with Crippen molar-refractivity contribution in [3.05, 3.63) is 71.7 Å². The number of rotatable bonds is 4. The molecule has 23 heavy (non-hydrogen) atoms. The van der Waals surface area contributed by atoms with Gasteiger partial charge in [-0.15, -0.1) is 0 Å². The first kappa shape index (κ1) is 15.2. The van der Waals surface area contributed by atoms with E-state index in [1.54, 1.807) is 19.1 Å². The SMILES string of the molecule is C[C@H](NC(=O)c1ccc2[nH]ccc2c1)[C@H](O)c1ccc(F)cc1. The Hall–Kier alpha value is -2.66. The molecule has 2 atom stereocenters. The normalized spacial score (nSPS) is 13.7. The highest BCUT2D eigenvalue weighted by Crippen LogP contribution is 2.18. The van der Waals surface area contributed by atoms with E-state index in [-0.39, 0.29) is 11.7 Å². The average Bonchev–Trinajstić information content (AvgIpc) is 3.02. The Bertz CT molecular complexity index is 826. The molecule has 0 aliphatic carbocycles. The highest BCUT2D eigenvalue weighted by Gasteiger charge is 2.19. The summed E-state index contributed by atoms with van der Waals surface area (Å²) in [6.07, 6.45) is 0.906. The third-order valence-corrected chi connectivity index (χ3v) is 3.86. The molecule has 0 radical (unpaired) electrons. The molecule has 1 aromatic heterocycles. The molecule has 5 heteroatoms. The van der Waals surface area contributed by atoms with Crippen molar-refractivity contribution < 1.29 is 14.3 Å². The Morgan fingerprint density at radius 3 is 2.65 bits per heavy atom. The van der Waals surface area contributed by atoms with Crippen LogP contribution in [0.5, 0.6) is 0 Å². The molecule has 0 aliphatic heterocycles. The van der Waals surface area contributed by atoms with E-state index >= 15 is 0 Å². The molecule has 1 heterocycles. The smallest absolute Gasteiger partial charge is 0.251 e. The Balaban J connectivity index is 1.72. The van der Waals surface area contributed by atoms with Gasteiger partial charge in [-0.25, -0.2) is 4.39 Å². The van der Waals surface area contributed by atoms with Gasteiger partial charge in [0, 0.05) is 22.7 Å². The molecule has 2 aromatic carbocycles. The van der Waals surface area contributed by atoms with Crippen LogP contribution in [0.4, 0.5) is 4.39 Å². The van der Waals surface area contributed by atoms with Crippen LogP contribution in [0.1, 0.15) is 28.9 Å². The summed E-state index contributed by atoms with van der Waals surface area (Å²) >= 11 is 0. The summed E-state index contributed by atoms with van der Waals surface area (Å²) in [6, 6.07) is 12.3. The van der Waals surface area contributed by atoms with E-state index in [1.165, 1.54) is 24.3 Å². The Morgan fingerprint density at radius 2 is 1.91 bits per heavy atom. The van der Waals surface area contributed by atoms with Crippen LogP contribution in [0.15, 0.2) is 54.7 Å². The van der Waals surface area contributed by atoms with E-state index in [4.69, 9.17) is 0 Å². The van der Waals surface area contributed by atoms with E-state index in [1.807, 2.05) is 18.3 Å². The molecule has 0 saturated heterocycles. The Kier molecular flexibility index (Phi) is 4.12. The van der Waals surface area contributed by atoms with Crippen molar-refractivity contribution in [2.45, 2.75) is 19.1 Å². The molecule has 3 N–H and O–H groups in total. The fourth-order valence-electron chi connectivity index (χ4n) is 2.51. The lowest BCUT2D eigenvalue weighted by molar-refractivity contribution is 0.0852. The van der Waals surface area contributed by atoms with E-state index in [2.05, 4.69) is 10.3 Å². The van der Waals surface area contributed by atoms with Gasteiger partial charge in [-0.2, -0.15) is 0 Å². The number of halogens is 1. The quantitative estimate of drug-likeness (QED) is 0.693. The van der Waals surface area contributed by atoms with Crippen molar-refractivity contribution in [3.63, 3.8) is 0 Å². The topological polar surface area (TPSA) is 65.1 Å². The number of aromatic nitrogens is 1. The van der Waals surface area contributed by atoms with Crippen molar-refractivity contribution in [1.82, 2.24) is 10.3 Å². The Labute approximate surface area is 133 Å². The lowest BCUT2D eigenvalue weighted by atomic mass is 10.0. The summed E-state index contributed by atoms with van der Waals surface area (Å²) in [4.78, 5) is 15.4. The van der Waals surface area contributed by atoms with Gasteiger partial charge in [-0.3, -0.25) is 4.79 Å². The van der Waals surface area contributed by atoms with Gasteiger partial charge in [0.1, 0.15) is 5.82 Å². The zero-order valence-corrected chi connectivity index (χ0v) is 12.6. The summed E-state index contributed by atoms with van der Waals surface area (Å²) in [5, 5.41) is 14.0. The highest BCUT2D eigenvalue weighted by molar-refractivity contribution is 5.98. The molecule has 4 nitrogen and oxygen atoms in total. The third kappa shape index (κ3) is 3.24. The fourth-order valence-corrected chi connectivity index (χ4v) is 2.51. The fraction of sp³-hybridized carbons (Fsp3) is 0.167. The van der Waals surface area contributed by atoms with Crippen molar-refractivity contribution in [1.29, 1.82) is 0 Å². The van der Waals surface area contributed by atoms with Crippen LogP contribution in [0.25, 0.3) is 10.9 Å². The van der Waals surface area contributed by atoms with Gasteiger partial charge < -0.3 is 15.4 Å². The largest absolute Gasteiger partial charge is 0.386 e. The number of hydrogen-bond acceptors (Lipinski definition) is 2. The maximum atomic E-state index is 12.9. The van der Waals surface area contributed by atoms with Crippen LogP contribution in [0.3, 0.4) is 0 Å². The molecule has 0 fully saturated rings. The van der Waals surface area contributed by atoms with Gasteiger partial charge in [0.25, 0.3) is 5.91 Å². The van der Waals surface area contributed by atoms with Crippen molar-refractivity contribution in [2.24, 2.45) is 0 Å². The van der Waals surface area contributed by atoms with Crippen molar-refractivity contribution in [3.8, 4) is 0 Å². The summed E-state index contributed by atoms with van der Waals surface area (Å²) in [6.45, 7) is 1.71. The molecule has 3 aromatic rings. The van der Waals surface area contributed by atoms with E-state index < -0.39 is 12.1 Å². The zero-order valence-electron chi connectivity index (χ0n) is 12.6. The number of fused-ring (bicyclic) bond motifs is 1. The molecule has 0 spiro atoms. The first-order valence-corrected chi connectivity index (χ1v) is 7.36. The second-order valence-electron chi connectivity index (χ2n) is 5.54. The summed E-state index contributed by atoms with van der Waals surface area (Å²) in [5.41, 5.74) is 2.04. The lowest BCUT2D eigenvalue weighted by Crippen LogP contribution is -2.37. The number of aromatic amines is 1. The number of aliphatic hydroxyl groups excluding tert-OH is 1. The number of benzene rings is 2. The van der Waals surface area contributed by atoms with Crippen molar-refractivity contribution >= 4 is 16.8 Å². The minimum absolute atomic E-state index is 0.262. The lowest BCUT2D eigenvalue weighted by Gasteiger charge is -2.20. The summed E-state index contributed by atoms with van der Waals surface area (Å²) in [7, 11) is 0. The molecular formula is C18H17FN2O2. The molecule has 1 amide bonds. The first-order valence-electron chi connectivity index (χ1n) is 7.36. The number of hydrogen-bond donors (Lipinski definition) is 3. The number of H-pyrrole nitrogens is 1. The van der Waals surface area contributed by atoms with Gasteiger partial charge in [0.2, 0.25) is 0 Å². The second-order valence-corrected chi connectivity index (χ2v) is 5.54. The van der Waals surface area contributed by atoms with Crippen LogP contribution in [-0.2, 0) is 0 Å². The Morgan fingerprint density at radius 1 is 1.17 bits per heavy atom. The molecule has 3 rings (SSSR count). The van der Waals surface area contributed by atoms with Crippen LogP contribution in [0.2, 0.25) is 0 Å². The van der Waals surface area contributed by atoms with Crippen LogP contribution >= 0.6 is 0 Å². The average molecular weight is 312 g/mol. The van der Waals surface area contributed by atoms with E-state index in [0.717, 1.165) is 10.9 Å². The number of carbonyl (C=O) groups is 1. The van der Waals surface area contributed by atoms with Gasteiger partial charge in [-0.05, 0) is 48.9 Å². The van der Waals surface area contributed by atoms with Crippen LogP contribution in [-0.4, -0.2) is 22.0 Å². The van der Waals surface area contributed by atoms with Gasteiger partial charge >= 0.3 is 0 Å². The van der Waals surface area contributed by atoms with Crippen molar-refractivity contribution in [2.75, 3.05) is 0 Å². The summed E-state index contributed by atoms with van der Waals surface area (Å²) in [5.74, 6) is -0.626. The minimum atomic E-state index is -0.907. The molecule has 118 valence electrons. The predicted octanol–water partition coefficient (Wildman–Crippen LogP) is 3.16. The predicted molar refractivity (Wildman–Crippen MR) is 86.6 cm³/mol.